The van der Waals surface area contributed by atoms with Gasteiger partial charge in [-0.05, 0) is 43.9 Å². The van der Waals surface area contributed by atoms with Crippen LogP contribution in [0.1, 0.15) is 62.8 Å². The minimum Gasteiger partial charge on any atom is -0.336 e. The number of para-hydroxylation sites is 2. The normalized spacial score (nSPS) is 13.2. The van der Waals surface area contributed by atoms with E-state index in [1.165, 1.54) is 56.4 Å². The molecule has 3 aromatic rings. The second-order valence-corrected chi connectivity index (χ2v) is 9.74. The number of hydrogen-bond donors (Lipinski definition) is 2. The molecule has 4 nitrogen and oxygen atoms in total. The third-order valence-electron chi connectivity index (χ3n) is 5.26. The lowest BCUT2D eigenvalue weighted by Crippen LogP contribution is -1.91. The largest absolute Gasteiger partial charge is 0.336 e. The summed E-state index contributed by atoms with van der Waals surface area (Å²) in [6.45, 7) is 0. The van der Waals surface area contributed by atoms with E-state index in [2.05, 4.69) is 50.3 Å². The fourth-order valence-electron chi connectivity index (χ4n) is 3.64. The number of nitrogens with zero attached hydrogens (tertiary/aromatic N) is 2. The van der Waals surface area contributed by atoms with Gasteiger partial charge in [-0.2, -0.15) is 0 Å². The maximum Gasteiger partial charge on any atom is 0.166 e. The smallest absolute Gasteiger partial charge is 0.166 e. The van der Waals surface area contributed by atoms with Crippen molar-refractivity contribution in [3.05, 3.63) is 41.7 Å². The highest BCUT2D eigenvalue weighted by Crippen LogP contribution is 2.24. The lowest BCUT2D eigenvalue weighted by Gasteiger charge is -2.02. The summed E-state index contributed by atoms with van der Waals surface area (Å²) in [5, 5.41) is 2.15. The van der Waals surface area contributed by atoms with Gasteiger partial charge in [-0.3, -0.25) is 0 Å². The van der Waals surface area contributed by atoms with Crippen LogP contribution in [0.25, 0.3) is 17.1 Å². The van der Waals surface area contributed by atoms with Gasteiger partial charge in [-0.15, -0.1) is 0 Å². The van der Waals surface area contributed by atoms with E-state index < -0.39 is 0 Å². The number of hydrogen-bond acceptors (Lipinski definition) is 4. The Morgan fingerprint density at radius 3 is 2.21 bits per heavy atom. The van der Waals surface area contributed by atoms with Crippen LogP contribution in [0.2, 0.25) is 0 Å². The molecule has 1 aliphatic rings. The molecule has 4 rings (SSSR count). The van der Waals surface area contributed by atoms with Gasteiger partial charge in [0.25, 0.3) is 0 Å². The summed E-state index contributed by atoms with van der Waals surface area (Å²) in [7, 11) is 0. The number of benzene rings is 1. The van der Waals surface area contributed by atoms with Gasteiger partial charge in [0.05, 0.1) is 16.7 Å². The molecular formula is C23H30N4S2. The molecule has 0 amide bonds. The maximum absolute atomic E-state index is 4.67. The standard InChI is InChI=1S/C23H30N4S2/c1(2-4-10-16-28-22-24-18-12-6-7-13-19(18)25-22)3-5-11-17-29-23-26-20-14-8-9-15-21(20)27-23/h6-8,12-14H,1-5,9-11,15-17H2,(H,24,25)(H,26,27). The molecule has 6 heteroatoms. The first-order valence-electron chi connectivity index (χ1n) is 10.8. The molecule has 0 atom stereocenters. The van der Waals surface area contributed by atoms with Crippen LogP contribution in [0, 0.1) is 0 Å². The lowest BCUT2D eigenvalue weighted by molar-refractivity contribution is 0.605. The molecule has 0 spiro atoms. The van der Waals surface area contributed by atoms with Gasteiger partial charge in [0.15, 0.2) is 10.3 Å². The summed E-state index contributed by atoms with van der Waals surface area (Å²) in [5.41, 5.74) is 4.67. The van der Waals surface area contributed by atoms with Gasteiger partial charge < -0.3 is 9.97 Å². The highest BCUT2D eigenvalue weighted by atomic mass is 32.2. The number of H-pyrrole nitrogens is 2. The summed E-state index contributed by atoms with van der Waals surface area (Å²) >= 11 is 3.72. The number of nitrogens with one attached hydrogen (secondary N) is 2. The van der Waals surface area contributed by atoms with Crippen molar-refractivity contribution < 1.29 is 0 Å². The Balaban J connectivity index is 0.989. The minimum atomic E-state index is 1.05. The van der Waals surface area contributed by atoms with E-state index in [9.17, 15) is 0 Å². The summed E-state index contributed by atoms with van der Waals surface area (Å²) in [6, 6.07) is 8.24. The molecule has 0 aliphatic heterocycles. The van der Waals surface area contributed by atoms with Crippen LogP contribution in [0.15, 0.2) is 40.7 Å². The predicted molar refractivity (Wildman–Crippen MR) is 126 cm³/mol. The summed E-state index contributed by atoms with van der Waals surface area (Å²) in [4.78, 5) is 16.2. The Morgan fingerprint density at radius 1 is 0.793 bits per heavy atom. The second kappa shape index (κ2) is 10.9. The van der Waals surface area contributed by atoms with E-state index in [1.54, 1.807) is 0 Å². The lowest BCUT2D eigenvalue weighted by atomic mass is 10.1. The molecule has 0 fully saturated rings. The zero-order chi connectivity index (χ0) is 19.7. The molecule has 2 heterocycles. The number of fused-ring (bicyclic) bond motifs is 2. The molecule has 154 valence electrons. The van der Waals surface area contributed by atoms with E-state index >= 15 is 0 Å². The van der Waals surface area contributed by atoms with E-state index in [4.69, 9.17) is 0 Å². The first-order valence-corrected chi connectivity index (χ1v) is 12.8. The van der Waals surface area contributed by atoms with Crippen molar-refractivity contribution in [1.29, 1.82) is 0 Å². The minimum absolute atomic E-state index is 1.05. The summed E-state index contributed by atoms with van der Waals surface area (Å²) < 4.78 is 0. The van der Waals surface area contributed by atoms with Gasteiger partial charge in [0, 0.05) is 17.2 Å². The van der Waals surface area contributed by atoms with E-state index in [1.807, 2.05) is 29.6 Å². The Bertz CT molecular complexity index is 895. The molecule has 0 saturated heterocycles. The molecule has 1 aromatic carbocycles. The molecule has 1 aliphatic carbocycles. The Labute approximate surface area is 181 Å². The van der Waals surface area contributed by atoms with E-state index in [0.29, 0.717) is 0 Å². The third-order valence-corrected chi connectivity index (χ3v) is 7.18. The maximum atomic E-state index is 4.67. The third kappa shape index (κ3) is 6.16. The van der Waals surface area contributed by atoms with Crippen LogP contribution >= 0.6 is 23.5 Å². The number of rotatable bonds is 12. The number of aryl methyl sites for hydroxylation is 1. The summed E-state index contributed by atoms with van der Waals surface area (Å²) in [6.07, 6.45) is 15.9. The number of aromatic nitrogens is 4. The summed E-state index contributed by atoms with van der Waals surface area (Å²) in [5.74, 6) is 2.32. The first-order chi connectivity index (χ1) is 14.4. The monoisotopic (exact) mass is 426 g/mol. The van der Waals surface area contributed by atoms with Crippen molar-refractivity contribution in [2.75, 3.05) is 11.5 Å². The molecule has 0 saturated carbocycles. The molecule has 2 aromatic heterocycles. The van der Waals surface area contributed by atoms with Crippen LogP contribution in [0.4, 0.5) is 0 Å². The zero-order valence-corrected chi connectivity index (χ0v) is 18.6. The van der Waals surface area contributed by atoms with E-state index in [0.717, 1.165) is 45.6 Å². The first kappa shape index (κ1) is 20.6. The van der Waals surface area contributed by atoms with Gasteiger partial charge in [0.1, 0.15) is 0 Å². The number of allylic oxidation sites excluding steroid dienone is 1. The Morgan fingerprint density at radius 2 is 1.48 bits per heavy atom. The van der Waals surface area contributed by atoms with Crippen LogP contribution in [-0.2, 0) is 6.42 Å². The molecule has 2 N–H and O–H groups in total. The number of aromatic amines is 2. The molecular weight excluding hydrogens is 396 g/mol. The molecule has 0 radical (unpaired) electrons. The average molecular weight is 427 g/mol. The molecule has 0 bridgehead atoms. The number of unbranched alkanes of at least 4 members (excludes halogenated alkanes) is 6. The molecule has 0 unspecified atom stereocenters. The van der Waals surface area contributed by atoms with Crippen molar-refractivity contribution >= 4 is 40.6 Å². The van der Waals surface area contributed by atoms with Crippen molar-refractivity contribution in [3.63, 3.8) is 0 Å². The number of imidazole rings is 2. The van der Waals surface area contributed by atoms with Crippen molar-refractivity contribution in [2.24, 2.45) is 0 Å². The highest BCUT2D eigenvalue weighted by Gasteiger charge is 2.10. The second-order valence-electron chi connectivity index (χ2n) is 7.58. The average Bonchev–Trinajstić information content (AvgIpc) is 3.35. The Hall–Kier alpha value is -1.66. The SMILES string of the molecule is C1=Cc2nc(SCCCCCCCCCSc3nc4ccccc4[nH]3)[nH]c2CC1. The fraction of sp³-hybridized carbons (Fsp3) is 0.478. The fourth-order valence-corrected chi connectivity index (χ4v) is 5.43. The van der Waals surface area contributed by atoms with Crippen molar-refractivity contribution in [1.82, 2.24) is 19.9 Å². The van der Waals surface area contributed by atoms with Crippen LogP contribution in [0.5, 0.6) is 0 Å². The van der Waals surface area contributed by atoms with Gasteiger partial charge in [-0.1, -0.05) is 73.8 Å². The number of thioether (sulfide) groups is 2. The zero-order valence-electron chi connectivity index (χ0n) is 17.0. The predicted octanol–water partition coefficient (Wildman–Crippen LogP) is 6.86. The van der Waals surface area contributed by atoms with Gasteiger partial charge in [0.2, 0.25) is 0 Å². The van der Waals surface area contributed by atoms with Crippen LogP contribution in [0.3, 0.4) is 0 Å². The van der Waals surface area contributed by atoms with Crippen LogP contribution in [-0.4, -0.2) is 31.4 Å². The Kier molecular flexibility index (Phi) is 7.77. The van der Waals surface area contributed by atoms with Crippen molar-refractivity contribution in [2.45, 2.75) is 68.1 Å². The van der Waals surface area contributed by atoms with Gasteiger partial charge >= 0.3 is 0 Å². The molecule has 29 heavy (non-hydrogen) atoms. The van der Waals surface area contributed by atoms with Crippen molar-refractivity contribution in [3.8, 4) is 0 Å². The topological polar surface area (TPSA) is 57.4 Å². The quantitative estimate of drug-likeness (QED) is 0.245. The highest BCUT2D eigenvalue weighted by molar-refractivity contribution is 7.99. The van der Waals surface area contributed by atoms with Crippen LogP contribution < -0.4 is 0 Å². The van der Waals surface area contributed by atoms with Gasteiger partial charge in [-0.25, -0.2) is 9.97 Å². The van der Waals surface area contributed by atoms with E-state index in [-0.39, 0.29) is 0 Å².